The molecule has 1 unspecified atom stereocenters. The van der Waals surface area contributed by atoms with Gasteiger partial charge in [0.1, 0.15) is 0 Å². The Morgan fingerprint density at radius 2 is 1.69 bits per heavy atom. The van der Waals surface area contributed by atoms with Crippen LogP contribution in [0.5, 0.6) is 11.5 Å². The van der Waals surface area contributed by atoms with Gasteiger partial charge in [-0.15, -0.1) is 0 Å². The van der Waals surface area contributed by atoms with Crippen LogP contribution in [0.25, 0.3) is 0 Å². The smallest absolute Gasteiger partial charge is 0.338 e. The lowest BCUT2D eigenvalue weighted by molar-refractivity contribution is -0.123. The summed E-state index contributed by atoms with van der Waals surface area (Å²) in [6.45, 7) is 1.67. The van der Waals surface area contributed by atoms with Gasteiger partial charge in [0, 0.05) is 11.8 Å². The largest absolute Gasteiger partial charge is 0.454 e. The van der Waals surface area contributed by atoms with Crippen molar-refractivity contribution >= 4 is 29.4 Å². The fraction of sp³-hybridized carbons (Fsp3) is 0.154. The molecule has 35 heavy (non-hydrogen) atoms. The summed E-state index contributed by atoms with van der Waals surface area (Å²) in [6.07, 6.45) is -1.12. The van der Waals surface area contributed by atoms with E-state index >= 15 is 0 Å². The van der Waals surface area contributed by atoms with E-state index in [1.54, 1.807) is 18.2 Å². The topological polar surface area (TPSA) is 111 Å². The first-order valence-corrected chi connectivity index (χ1v) is 10.9. The molecular weight excluding hydrogens is 452 g/mol. The second-order valence-electron chi connectivity index (χ2n) is 8.05. The second-order valence-corrected chi connectivity index (χ2v) is 8.05. The molecule has 0 spiro atoms. The Morgan fingerprint density at radius 1 is 0.943 bits per heavy atom. The van der Waals surface area contributed by atoms with Crippen molar-refractivity contribution in [2.75, 3.05) is 12.1 Å². The van der Waals surface area contributed by atoms with Crippen LogP contribution in [0.15, 0.2) is 66.7 Å². The summed E-state index contributed by atoms with van der Waals surface area (Å²) >= 11 is 0. The molecule has 0 saturated heterocycles. The minimum absolute atomic E-state index is 0.0641. The van der Waals surface area contributed by atoms with Crippen molar-refractivity contribution in [3.05, 3.63) is 89.0 Å². The number of nitrogens with one attached hydrogen (secondary N) is 1. The molecule has 5 rings (SSSR count). The van der Waals surface area contributed by atoms with Crippen LogP contribution in [-0.4, -0.2) is 41.5 Å². The molecule has 0 bridgehead atoms. The van der Waals surface area contributed by atoms with Gasteiger partial charge in [-0.3, -0.25) is 19.3 Å². The van der Waals surface area contributed by atoms with Crippen molar-refractivity contribution in [1.82, 2.24) is 4.90 Å². The van der Waals surface area contributed by atoms with Crippen molar-refractivity contribution < 1.29 is 33.4 Å². The van der Waals surface area contributed by atoms with Crippen molar-refractivity contribution in [2.45, 2.75) is 19.6 Å². The van der Waals surface area contributed by atoms with Gasteiger partial charge in [-0.05, 0) is 42.8 Å². The first-order valence-electron chi connectivity index (χ1n) is 10.9. The summed E-state index contributed by atoms with van der Waals surface area (Å²) in [7, 11) is 0. The summed E-state index contributed by atoms with van der Waals surface area (Å²) in [5.74, 6) is -1.16. The van der Waals surface area contributed by atoms with Crippen LogP contribution < -0.4 is 14.8 Å². The van der Waals surface area contributed by atoms with E-state index in [9.17, 15) is 19.2 Å². The number of nitrogens with zero attached hydrogens (tertiary/aromatic N) is 1. The maximum absolute atomic E-state index is 12.9. The molecule has 0 saturated carbocycles. The van der Waals surface area contributed by atoms with Crippen LogP contribution in [0.1, 0.15) is 43.6 Å². The maximum Gasteiger partial charge on any atom is 0.338 e. The molecule has 2 heterocycles. The Balaban J connectivity index is 1.25. The van der Waals surface area contributed by atoms with Gasteiger partial charge in [0.25, 0.3) is 17.7 Å². The van der Waals surface area contributed by atoms with Gasteiger partial charge < -0.3 is 19.5 Å². The minimum atomic E-state index is -1.12. The van der Waals surface area contributed by atoms with E-state index in [1.165, 1.54) is 25.1 Å². The number of ether oxygens (including phenoxy) is 3. The van der Waals surface area contributed by atoms with Crippen LogP contribution >= 0.6 is 0 Å². The third-order valence-corrected chi connectivity index (χ3v) is 5.68. The third kappa shape index (κ3) is 4.31. The fourth-order valence-electron chi connectivity index (χ4n) is 3.83. The number of imide groups is 1. The molecule has 9 heteroatoms. The Kier molecular flexibility index (Phi) is 5.66. The minimum Gasteiger partial charge on any atom is -0.454 e. The molecular formula is C26H20N2O7. The van der Waals surface area contributed by atoms with Gasteiger partial charge in [0.05, 0.1) is 23.2 Å². The quantitative estimate of drug-likeness (QED) is 0.432. The summed E-state index contributed by atoms with van der Waals surface area (Å²) in [6, 6.07) is 18.2. The van der Waals surface area contributed by atoms with E-state index in [0.29, 0.717) is 17.2 Å². The number of benzene rings is 3. The highest BCUT2D eigenvalue weighted by Crippen LogP contribution is 2.34. The van der Waals surface area contributed by atoms with Gasteiger partial charge in [0.15, 0.2) is 17.6 Å². The number of hydrogen-bond acceptors (Lipinski definition) is 7. The van der Waals surface area contributed by atoms with E-state index in [-0.39, 0.29) is 30.0 Å². The molecule has 0 aliphatic carbocycles. The highest BCUT2D eigenvalue weighted by atomic mass is 16.7. The van der Waals surface area contributed by atoms with E-state index in [4.69, 9.17) is 14.2 Å². The van der Waals surface area contributed by atoms with Gasteiger partial charge in [-0.25, -0.2) is 4.79 Å². The normalized spacial score (nSPS) is 14.5. The lowest BCUT2D eigenvalue weighted by atomic mass is 10.1. The molecule has 3 aromatic carbocycles. The second kappa shape index (κ2) is 8.94. The number of carbonyl (C=O) groups is 4. The van der Waals surface area contributed by atoms with Crippen LogP contribution in [0.3, 0.4) is 0 Å². The lowest BCUT2D eigenvalue weighted by Crippen LogP contribution is -2.30. The average Bonchev–Trinajstić information content (AvgIpc) is 3.42. The van der Waals surface area contributed by atoms with E-state index in [1.807, 2.05) is 30.3 Å². The predicted octanol–water partition coefficient (Wildman–Crippen LogP) is 3.40. The third-order valence-electron chi connectivity index (χ3n) is 5.68. The van der Waals surface area contributed by atoms with Crippen molar-refractivity contribution in [3.63, 3.8) is 0 Å². The SMILES string of the molecule is CC(OC(=O)c1ccc2c(c1)C(=O)N(Cc1ccccc1)C2=O)C(=O)Nc1ccc2c(c1)OCO2. The number of rotatable bonds is 6. The Bertz CT molecular complexity index is 1350. The molecule has 176 valence electrons. The van der Waals surface area contributed by atoms with Crippen molar-refractivity contribution in [1.29, 1.82) is 0 Å². The highest BCUT2D eigenvalue weighted by Gasteiger charge is 2.36. The first-order chi connectivity index (χ1) is 16.9. The fourth-order valence-corrected chi connectivity index (χ4v) is 3.83. The Morgan fingerprint density at radius 3 is 2.49 bits per heavy atom. The lowest BCUT2D eigenvalue weighted by Gasteiger charge is -2.14. The number of esters is 1. The van der Waals surface area contributed by atoms with Crippen LogP contribution in [0.4, 0.5) is 5.69 Å². The summed E-state index contributed by atoms with van der Waals surface area (Å²) < 4.78 is 15.8. The van der Waals surface area contributed by atoms with Gasteiger partial charge in [-0.1, -0.05) is 30.3 Å². The van der Waals surface area contributed by atoms with Gasteiger partial charge in [0.2, 0.25) is 6.79 Å². The molecule has 1 atom stereocenters. The average molecular weight is 472 g/mol. The Labute approximate surface area is 200 Å². The molecule has 0 radical (unpaired) electrons. The van der Waals surface area contributed by atoms with Crippen LogP contribution in [-0.2, 0) is 16.1 Å². The van der Waals surface area contributed by atoms with E-state index in [0.717, 1.165) is 10.5 Å². The van der Waals surface area contributed by atoms with Gasteiger partial charge >= 0.3 is 5.97 Å². The summed E-state index contributed by atoms with van der Waals surface area (Å²) in [4.78, 5) is 51.9. The molecule has 2 aliphatic rings. The Hall–Kier alpha value is -4.66. The number of carbonyl (C=O) groups excluding carboxylic acids is 4. The molecule has 0 aromatic heterocycles. The van der Waals surface area contributed by atoms with Crippen molar-refractivity contribution in [2.24, 2.45) is 0 Å². The number of amides is 3. The molecule has 3 amide bonds. The number of fused-ring (bicyclic) bond motifs is 2. The number of hydrogen-bond donors (Lipinski definition) is 1. The first kappa shape index (κ1) is 22.1. The molecule has 1 N–H and O–H groups in total. The number of anilines is 1. The maximum atomic E-state index is 12.9. The molecule has 2 aliphatic heterocycles. The molecule has 3 aromatic rings. The standard InChI is InChI=1S/C26H20N2O7/c1-15(23(29)27-18-8-10-21-22(12-18)34-14-33-21)35-26(32)17-7-9-19-20(11-17)25(31)28(24(19)30)13-16-5-3-2-4-6-16/h2-12,15H,13-14H2,1H3,(H,27,29). The zero-order chi connectivity index (χ0) is 24.5. The van der Waals surface area contributed by atoms with Gasteiger partial charge in [-0.2, -0.15) is 0 Å². The molecule has 9 nitrogen and oxygen atoms in total. The monoisotopic (exact) mass is 472 g/mol. The zero-order valence-corrected chi connectivity index (χ0v) is 18.6. The zero-order valence-electron chi connectivity index (χ0n) is 18.6. The predicted molar refractivity (Wildman–Crippen MR) is 123 cm³/mol. The summed E-state index contributed by atoms with van der Waals surface area (Å²) in [5, 5.41) is 2.65. The van der Waals surface area contributed by atoms with Crippen LogP contribution in [0, 0.1) is 0 Å². The van der Waals surface area contributed by atoms with E-state index < -0.39 is 29.8 Å². The van der Waals surface area contributed by atoms with Crippen molar-refractivity contribution in [3.8, 4) is 11.5 Å². The van der Waals surface area contributed by atoms with Crippen LogP contribution in [0.2, 0.25) is 0 Å². The molecule has 0 fully saturated rings. The highest BCUT2D eigenvalue weighted by molar-refractivity contribution is 6.21. The summed E-state index contributed by atoms with van der Waals surface area (Å²) in [5.41, 5.74) is 1.68. The van der Waals surface area contributed by atoms with E-state index in [2.05, 4.69) is 5.32 Å².